The molecule has 156 valence electrons. The molecule has 1 fully saturated rings. The van der Waals surface area contributed by atoms with Gasteiger partial charge in [0.15, 0.2) is 0 Å². The maximum atomic E-state index is 12.9. The van der Waals surface area contributed by atoms with E-state index in [1.54, 1.807) is 30.3 Å². The summed E-state index contributed by atoms with van der Waals surface area (Å²) in [6.45, 7) is 2.41. The van der Waals surface area contributed by atoms with Gasteiger partial charge in [-0.2, -0.15) is 4.68 Å². The van der Waals surface area contributed by atoms with Crippen molar-refractivity contribution in [1.82, 2.24) is 19.7 Å². The Morgan fingerprint density at radius 3 is 2.52 bits per heavy atom. The van der Waals surface area contributed by atoms with E-state index in [0.29, 0.717) is 48.4 Å². The van der Waals surface area contributed by atoms with Crippen LogP contribution < -0.4 is 10.5 Å². The third-order valence-electron chi connectivity index (χ3n) is 5.49. The topological polar surface area (TPSA) is 74.2 Å². The van der Waals surface area contributed by atoms with E-state index in [2.05, 4.69) is 15.0 Å². The van der Waals surface area contributed by atoms with Crippen LogP contribution in [0, 0.1) is 0 Å². The maximum absolute atomic E-state index is 12.9. The molecule has 1 amide bonds. The minimum absolute atomic E-state index is 0.00675. The highest BCUT2D eigenvalue weighted by atomic mass is 35.5. The third-order valence-corrected chi connectivity index (χ3v) is 5.73. The number of aromatic amines is 1. The standard InChI is InChI=1S/C23H20ClN5O2/c24-17-5-3-6-18(15-17)29-22(30)9-8-21(26-29)27-10-12-28(13-11-27)23(31)20-14-16-4-1-2-7-19(16)25-20/h1-9,14-15,25H,10-13H2. The van der Waals surface area contributed by atoms with E-state index in [1.807, 2.05) is 35.2 Å². The molecule has 8 heteroatoms. The zero-order valence-corrected chi connectivity index (χ0v) is 17.4. The highest BCUT2D eigenvalue weighted by Crippen LogP contribution is 2.19. The quantitative estimate of drug-likeness (QED) is 0.537. The Morgan fingerprint density at radius 1 is 0.935 bits per heavy atom. The highest BCUT2D eigenvalue weighted by Gasteiger charge is 2.24. The Bertz CT molecular complexity index is 1290. The van der Waals surface area contributed by atoms with E-state index in [0.717, 1.165) is 10.9 Å². The number of hydrogen-bond acceptors (Lipinski definition) is 4. The van der Waals surface area contributed by atoms with Crippen LogP contribution >= 0.6 is 11.6 Å². The number of piperazine rings is 1. The number of halogens is 1. The molecule has 0 saturated carbocycles. The Morgan fingerprint density at radius 2 is 1.74 bits per heavy atom. The first-order valence-electron chi connectivity index (χ1n) is 10.1. The lowest BCUT2D eigenvalue weighted by Gasteiger charge is -2.35. The molecule has 4 aromatic rings. The number of aromatic nitrogens is 3. The lowest BCUT2D eigenvalue weighted by molar-refractivity contribution is 0.0741. The second-order valence-corrected chi connectivity index (χ2v) is 7.91. The molecule has 5 rings (SSSR count). The Balaban J connectivity index is 1.32. The molecule has 31 heavy (non-hydrogen) atoms. The zero-order valence-electron chi connectivity index (χ0n) is 16.7. The summed E-state index contributed by atoms with van der Waals surface area (Å²) in [4.78, 5) is 32.4. The van der Waals surface area contributed by atoms with Gasteiger partial charge in [-0.3, -0.25) is 9.59 Å². The van der Waals surface area contributed by atoms with E-state index in [-0.39, 0.29) is 11.5 Å². The molecule has 0 radical (unpaired) electrons. The molecule has 2 aromatic carbocycles. The molecule has 3 heterocycles. The van der Waals surface area contributed by atoms with Crippen molar-refractivity contribution in [3.63, 3.8) is 0 Å². The molecule has 0 bridgehead atoms. The third kappa shape index (κ3) is 3.80. The number of fused-ring (bicyclic) bond motifs is 1. The van der Waals surface area contributed by atoms with Gasteiger partial charge in [0.1, 0.15) is 11.5 Å². The van der Waals surface area contributed by atoms with E-state index in [9.17, 15) is 9.59 Å². The number of anilines is 1. The number of hydrogen-bond donors (Lipinski definition) is 1. The van der Waals surface area contributed by atoms with Gasteiger partial charge in [-0.15, -0.1) is 5.10 Å². The van der Waals surface area contributed by atoms with Crippen molar-refractivity contribution < 1.29 is 4.79 Å². The van der Waals surface area contributed by atoms with Crippen LogP contribution in [0.1, 0.15) is 10.5 Å². The van der Waals surface area contributed by atoms with Gasteiger partial charge in [0.25, 0.3) is 11.5 Å². The first kappa shape index (κ1) is 19.4. The molecule has 1 aliphatic rings. The van der Waals surface area contributed by atoms with Crippen LogP contribution in [0.5, 0.6) is 0 Å². The van der Waals surface area contributed by atoms with Gasteiger partial charge < -0.3 is 14.8 Å². The molecule has 0 atom stereocenters. The molecule has 0 spiro atoms. The SMILES string of the molecule is O=C(c1cc2ccccc2[nH]1)N1CCN(c2ccc(=O)n(-c3cccc(Cl)c3)n2)CC1. The molecule has 1 aliphatic heterocycles. The summed E-state index contributed by atoms with van der Waals surface area (Å²) in [5.74, 6) is 0.685. The molecule has 0 unspecified atom stereocenters. The van der Waals surface area contributed by atoms with Gasteiger partial charge in [-0.05, 0) is 36.4 Å². The lowest BCUT2D eigenvalue weighted by Crippen LogP contribution is -2.49. The lowest BCUT2D eigenvalue weighted by atomic mass is 10.2. The number of benzene rings is 2. The summed E-state index contributed by atoms with van der Waals surface area (Å²) in [6, 6.07) is 20.0. The summed E-state index contributed by atoms with van der Waals surface area (Å²) in [6.07, 6.45) is 0. The van der Waals surface area contributed by atoms with Crippen LogP contribution in [0.25, 0.3) is 16.6 Å². The van der Waals surface area contributed by atoms with E-state index >= 15 is 0 Å². The van der Waals surface area contributed by atoms with Crippen molar-refractivity contribution in [3.05, 3.63) is 87.8 Å². The predicted octanol–water partition coefficient (Wildman–Crippen LogP) is 3.33. The Labute approximate surface area is 183 Å². The van der Waals surface area contributed by atoms with Crippen LogP contribution in [0.3, 0.4) is 0 Å². The van der Waals surface area contributed by atoms with E-state index in [1.165, 1.54) is 10.7 Å². The zero-order chi connectivity index (χ0) is 21.4. The van der Waals surface area contributed by atoms with Crippen LogP contribution in [0.2, 0.25) is 5.02 Å². The summed E-state index contributed by atoms with van der Waals surface area (Å²) >= 11 is 6.06. The average Bonchev–Trinajstić information content (AvgIpc) is 3.23. The number of carbonyl (C=O) groups excluding carboxylic acids is 1. The number of amides is 1. The van der Waals surface area contributed by atoms with Crippen molar-refractivity contribution >= 4 is 34.2 Å². The number of rotatable bonds is 3. The predicted molar refractivity (Wildman–Crippen MR) is 121 cm³/mol. The number of nitrogens with zero attached hydrogens (tertiary/aromatic N) is 4. The number of carbonyl (C=O) groups is 1. The van der Waals surface area contributed by atoms with E-state index < -0.39 is 0 Å². The summed E-state index contributed by atoms with van der Waals surface area (Å²) in [7, 11) is 0. The maximum Gasteiger partial charge on any atom is 0.271 e. The van der Waals surface area contributed by atoms with Crippen molar-refractivity contribution in [1.29, 1.82) is 0 Å². The number of nitrogens with one attached hydrogen (secondary N) is 1. The molecular weight excluding hydrogens is 414 g/mol. The number of para-hydroxylation sites is 1. The minimum Gasteiger partial charge on any atom is -0.352 e. The van der Waals surface area contributed by atoms with Crippen molar-refractivity contribution in [3.8, 4) is 5.69 Å². The summed E-state index contributed by atoms with van der Waals surface area (Å²) < 4.78 is 1.35. The molecule has 2 aromatic heterocycles. The van der Waals surface area contributed by atoms with Gasteiger partial charge in [0.2, 0.25) is 0 Å². The monoisotopic (exact) mass is 433 g/mol. The van der Waals surface area contributed by atoms with E-state index in [4.69, 9.17) is 11.6 Å². The minimum atomic E-state index is -0.223. The molecule has 7 nitrogen and oxygen atoms in total. The average molecular weight is 434 g/mol. The van der Waals surface area contributed by atoms with Crippen molar-refractivity contribution in [2.45, 2.75) is 0 Å². The van der Waals surface area contributed by atoms with Gasteiger partial charge in [0, 0.05) is 48.2 Å². The van der Waals surface area contributed by atoms with Crippen LogP contribution in [-0.4, -0.2) is 51.8 Å². The first-order valence-corrected chi connectivity index (χ1v) is 10.4. The molecular formula is C23H20ClN5O2. The van der Waals surface area contributed by atoms with Crippen molar-refractivity contribution in [2.24, 2.45) is 0 Å². The van der Waals surface area contributed by atoms with Gasteiger partial charge in [-0.25, -0.2) is 0 Å². The second-order valence-electron chi connectivity index (χ2n) is 7.47. The van der Waals surface area contributed by atoms with Crippen molar-refractivity contribution in [2.75, 3.05) is 31.1 Å². The summed E-state index contributed by atoms with van der Waals surface area (Å²) in [5, 5.41) is 6.09. The fourth-order valence-corrected chi connectivity index (χ4v) is 4.05. The summed E-state index contributed by atoms with van der Waals surface area (Å²) in [5.41, 5.74) is 1.95. The normalized spacial score (nSPS) is 14.2. The Kier molecular flexibility index (Phi) is 4.95. The fourth-order valence-electron chi connectivity index (χ4n) is 3.86. The molecule has 0 aliphatic carbocycles. The van der Waals surface area contributed by atoms with Gasteiger partial charge >= 0.3 is 0 Å². The highest BCUT2D eigenvalue weighted by molar-refractivity contribution is 6.30. The second kappa shape index (κ2) is 7.92. The molecule has 1 N–H and O–H groups in total. The van der Waals surface area contributed by atoms with Crippen LogP contribution in [0.4, 0.5) is 5.82 Å². The fraction of sp³-hybridized carbons (Fsp3) is 0.174. The molecule has 1 saturated heterocycles. The van der Waals surface area contributed by atoms with Crippen LogP contribution in [0.15, 0.2) is 71.5 Å². The van der Waals surface area contributed by atoms with Gasteiger partial charge in [0.05, 0.1) is 5.69 Å². The first-order chi connectivity index (χ1) is 15.1. The number of H-pyrrole nitrogens is 1. The van der Waals surface area contributed by atoms with Crippen LogP contribution in [-0.2, 0) is 0 Å². The Hall–Kier alpha value is -3.58. The largest absolute Gasteiger partial charge is 0.352 e. The van der Waals surface area contributed by atoms with Gasteiger partial charge in [-0.1, -0.05) is 35.9 Å². The smallest absolute Gasteiger partial charge is 0.271 e.